The van der Waals surface area contributed by atoms with E-state index in [4.69, 9.17) is 23.7 Å². The van der Waals surface area contributed by atoms with Crippen LogP contribution in [0.25, 0.3) is 0 Å². The Morgan fingerprint density at radius 2 is 0.687 bits per heavy atom. The fourth-order valence-corrected chi connectivity index (χ4v) is 28.7. The Kier molecular flexibility index (Phi) is 38.4. The Morgan fingerprint density at radius 3 is 0.985 bits per heavy atom. The lowest BCUT2D eigenvalue weighted by Gasteiger charge is -2.55. The molecule has 19 rings (SSSR count). The Hall–Kier alpha value is -8.80. The standard InChI is InChI=1S/C19H17O2S2.C19H17OS.C18H15S.2C17H26F2O5S.C17H28O4/c1-23(20,21)19-14-12-18(13-15-19)22(16-8-4-2-5-9-16)17-10-6-3-7-11-17;1-20-16-12-14-19(15-13-16)21(17-8-4-2-5-9-17)18-10-6-3-7-11-18;1-4-10-16(11-5-1)19(17-12-6-2-7-13-17)18-14-8-3-9-15-18;18-17(19,11-25(21,22)23)3-1-2-4-24-15(20)16-8-12-5-13(9-16)7-14(6-12)10-16;18-17(19,25(21,22)23)4-2-1-3-5-24-15(20)16-9-12-6-13(10-16)8-14(7-12)11-16;1-13(17(19)21-15-10-6-3-7-11-15)12-16(18)20-14-8-4-2-5-9-14/h2-15H,1H3;2-15H,1H3;1-15H;2*12-14H,1-11H2,(H,21,22,23);13-15H,2-12H2,1H3/q3*+1;;;/p-2. The van der Waals surface area contributed by atoms with Gasteiger partial charge < -0.3 is 32.8 Å². The van der Waals surface area contributed by atoms with Crippen molar-refractivity contribution in [1.82, 2.24) is 0 Å². The molecule has 0 aliphatic heterocycles. The molecule has 1 atom stereocenters. The minimum atomic E-state index is -5.60. The van der Waals surface area contributed by atoms with Crippen molar-refractivity contribution in [2.75, 3.05) is 32.3 Å². The number of carbonyl (C=O) groups excluding carboxylic acids is 4. The number of sulfone groups is 1. The molecule has 10 aliphatic rings. The molecule has 0 heterocycles. The van der Waals surface area contributed by atoms with Crippen LogP contribution in [0, 0.1) is 52.3 Å². The molecule has 0 radical (unpaired) electrons. The molecule has 134 heavy (non-hydrogen) atoms. The number of esters is 4. The Morgan fingerprint density at radius 1 is 0.396 bits per heavy atom. The van der Waals surface area contributed by atoms with Crippen LogP contribution in [0.5, 0.6) is 5.75 Å². The number of carbonyl (C=O) groups is 4. The van der Waals surface area contributed by atoms with Crippen LogP contribution in [-0.2, 0) is 101 Å². The Labute approximate surface area is 798 Å². The maximum Gasteiger partial charge on any atom is 0.334 e. The van der Waals surface area contributed by atoms with E-state index in [1.165, 1.54) is 96.8 Å². The fourth-order valence-electron chi connectivity index (χ4n) is 20.8. The average molecular weight is 1950 g/mol. The van der Waals surface area contributed by atoms with Crippen LogP contribution in [0.4, 0.5) is 17.6 Å². The molecule has 0 aromatic heterocycles. The first kappa shape index (κ1) is 104. The minimum absolute atomic E-state index is 0.0106. The molecule has 17 nitrogen and oxygen atoms in total. The van der Waals surface area contributed by atoms with E-state index in [1.807, 2.05) is 60.7 Å². The zero-order valence-electron chi connectivity index (χ0n) is 76.8. The monoisotopic (exact) mass is 1950 g/mol. The number of methoxy groups -OCH3 is 1. The third-order valence-electron chi connectivity index (χ3n) is 26.4. The molecule has 0 saturated heterocycles. The molecule has 10 fully saturated rings. The molecule has 27 heteroatoms. The van der Waals surface area contributed by atoms with Crippen molar-refractivity contribution in [3.8, 4) is 5.75 Å². The lowest BCUT2D eigenvalue weighted by atomic mass is 9.49. The zero-order chi connectivity index (χ0) is 95.4. The molecule has 1 unspecified atom stereocenters. The van der Waals surface area contributed by atoms with Crippen LogP contribution in [0.2, 0.25) is 0 Å². The summed E-state index contributed by atoms with van der Waals surface area (Å²) < 4.78 is 165. The van der Waals surface area contributed by atoms with Gasteiger partial charge in [-0.15, -0.1) is 0 Å². The topological polar surface area (TPSA) is 263 Å². The molecule has 0 N–H and O–H groups in total. The molecule has 10 aliphatic carbocycles. The second-order valence-electron chi connectivity index (χ2n) is 37.2. The smallest absolute Gasteiger partial charge is 0.334 e. The van der Waals surface area contributed by atoms with E-state index >= 15 is 0 Å². The van der Waals surface area contributed by atoms with E-state index in [1.54, 1.807) is 26.2 Å². The SMILES string of the molecule is CC(CC(=O)OC1CCCCC1)C(=O)OC1CCCCC1.COc1ccc([S+](c2ccccc2)c2ccccc2)cc1.CS(=O)(=O)c1ccc([S+](c2ccccc2)c2ccccc2)cc1.O=C(OCCCCC(F)(F)CS(=O)(=O)[O-])C12CC3CC(CC(C3)C1)C2.O=C(OCCCCCC(F)(F)S(=O)(=O)[O-])C12CC3CC(CC(C3)C1)C2.c1ccc([S+](c2ccccc2)c2ccccc2)cc1. The summed E-state index contributed by atoms with van der Waals surface area (Å²) in [7, 11) is -12.4. The summed E-state index contributed by atoms with van der Waals surface area (Å²) in [4.78, 5) is 60.9. The van der Waals surface area contributed by atoms with Crippen molar-refractivity contribution < 1.29 is 94.8 Å². The van der Waals surface area contributed by atoms with E-state index in [0.717, 1.165) is 101 Å². The summed E-state index contributed by atoms with van der Waals surface area (Å²) in [6, 6.07) is 89.6. The molecule has 10 saturated carbocycles. The van der Waals surface area contributed by atoms with Gasteiger partial charge in [0.2, 0.25) is 0 Å². The highest BCUT2D eigenvalue weighted by atomic mass is 32.2. The third kappa shape index (κ3) is 31.1. The van der Waals surface area contributed by atoms with Crippen molar-refractivity contribution in [3.05, 3.63) is 261 Å². The van der Waals surface area contributed by atoms with E-state index < -0.39 is 65.8 Å². The van der Waals surface area contributed by atoms with Crippen LogP contribution < -0.4 is 4.74 Å². The van der Waals surface area contributed by atoms with Gasteiger partial charge in [-0.2, -0.15) is 8.78 Å². The summed E-state index contributed by atoms with van der Waals surface area (Å²) in [6.45, 7) is 1.99. The van der Waals surface area contributed by atoms with Gasteiger partial charge in [0.25, 0.3) is 5.92 Å². The average Bonchev–Trinajstić information content (AvgIpc) is 0.743. The van der Waals surface area contributed by atoms with Crippen molar-refractivity contribution in [1.29, 1.82) is 0 Å². The molecule has 0 amide bonds. The summed E-state index contributed by atoms with van der Waals surface area (Å²) in [5.41, 5.74) is -0.673. The maximum absolute atomic E-state index is 13.3. The summed E-state index contributed by atoms with van der Waals surface area (Å²) >= 11 is 0. The van der Waals surface area contributed by atoms with Gasteiger partial charge in [-0.05, 0) is 329 Å². The number of unbranched alkanes of at least 4 members (excludes halogenated alkanes) is 3. The first-order valence-electron chi connectivity index (χ1n) is 47.1. The first-order valence-corrected chi connectivity index (χ1v) is 55.7. The number of benzene rings is 9. The number of rotatable bonds is 32. The van der Waals surface area contributed by atoms with Crippen molar-refractivity contribution in [2.45, 2.75) is 272 Å². The molecule has 8 bridgehead atoms. The normalized spacial score (nSPS) is 21.5. The summed E-state index contributed by atoms with van der Waals surface area (Å²) in [6.07, 6.45) is 24.4. The quantitative estimate of drug-likeness (QED) is 0.00947. The predicted molar refractivity (Wildman–Crippen MR) is 513 cm³/mol. The van der Waals surface area contributed by atoms with Crippen LogP contribution in [-0.4, -0.2) is 114 Å². The minimum Gasteiger partial charge on any atom is -0.748 e. The maximum atomic E-state index is 13.3. The largest absolute Gasteiger partial charge is 0.748 e. The number of halogens is 4. The van der Waals surface area contributed by atoms with Crippen LogP contribution in [0.3, 0.4) is 0 Å². The lowest BCUT2D eigenvalue weighted by molar-refractivity contribution is -0.172. The van der Waals surface area contributed by atoms with E-state index in [9.17, 15) is 71.1 Å². The van der Waals surface area contributed by atoms with Crippen molar-refractivity contribution in [3.63, 3.8) is 0 Å². The highest BCUT2D eigenvalue weighted by Crippen LogP contribution is 2.62. The van der Waals surface area contributed by atoms with E-state index in [0.29, 0.717) is 53.2 Å². The number of hydrogen-bond donors (Lipinski definition) is 0. The van der Waals surface area contributed by atoms with Gasteiger partial charge in [0.1, 0.15) is 33.8 Å². The Bertz CT molecular complexity index is 5250. The van der Waals surface area contributed by atoms with E-state index in [2.05, 4.69) is 188 Å². The van der Waals surface area contributed by atoms with Crippen LogP contribution in [0.1, 0.15) is 200 Å². The van der Waals surface area contributed by atoms with E-state index in [-0.39, 0.29) is 118 Å². The van der Waals surface area contributed by atoms with Gasteiger partial charge in [-0.3, -0.25) is 19.2 Å². The predicted octanol–water partition coefficient (Wildman–Crippen LogP) is 24.1. The second kappa shape index (κ2) is 49.5. The molecule has 0 spiro atoms. The van der Waals surface area contributed by atoms with Crippen molar-refractivity contribution >= 4 is 86.6 Å². The van der Waals surface area contributed by atoms with Gasteiger partial charge >= 0.3 is 29.1 Å². The molecule has 9 aromatic rings. The van der Waals surface area contributed by atoms with Crippen LogP contribution >= 0.6 is 0 Å². The number of hydrogen-bond acceptors (Lipinski definition) is 17. The molecular formula is C107H127F4O17S6+. The summed E-state index contributed by atoms with van der Waals surface area (Å²) in [5, 5.41) is -4.22. The molecular weight excluding hydrogens is 1830 g/mol. The first-order chi connectivity index (χ1) is 64.2. The second-order valence-corrected chi connectivity index (χ2v) is 48.2. The highest BCUT2D eigenvalue weighted by molar-refractivity contribution is 7.97. The van der Waals surface area contributed by atoms with Gasteiger partial charge in [0.05, 0.1) is 81.1 Å². The molecule has 9 aromatic carbocycles. The van der Waals surface area contributed by atoms with Gasteiger partial charge in [-0.1, -0.05) is 147 Å². The zero-order valence-corrected chi connectivity index (χ0v) is 81.7. The molecule has 720 valence electrons. The van der Waals surface area contributed by atoms with Gasteiger partial charge in [-0.25, -0.2) is 34.0 Å². The highest BCUT2D eigenvalue weighted by Gasteiger charge is 2.57. The van der Waals surface area contributed by atoms with Crippen LogP contribution in [0.15, 0.2) is 310 Å². The Balaban J connectivity index is 0.000000145. The summed E-state index contributed by atoms with van der Waals surface area (Å²) in [5.74, 6) is -1.69. The van der Waals surface area contributed by atoms with Gasteiger partial charge in [0.15, 0.2) is 64.0 Å². The van der Waals surface area contributed by atoms with Crippen molar-refractivity contribution in [2.24, 2.45) is 52.3 Å². The number of alkyl halides is 4. The third-order valence-corrected chi connectivity index (χ3v) is 35.9. The lowest BCUT2D eigenvalue weighted by Crippen LogP contribution is -2.50. The number of ether oxygens (including phenoxy) is 5. The van der Waals surface area contributed by atoms with Gasteiger partial charge in [0, 0.05) is 19.1 Å². The fraction of sp³-hybridized carbons (Fsp3) is 0.458.